The SMILES string of the molecule is COc1ccccc1OCCNc1c(F)cccc1Br. The zero-order valence-electron chi connectivity index (χ0n) is 11.0. The zero-order chi connectivity index (χ0) is 14.4. The van der Waals surface area contributed by atoms with Gasteiger partial charge in [0.05, 0.1) is 12.8 Å². The highest BCUT2D eigenvalue weighted by atomic mass is 79.9. The maximum atomic E-state index is 13.6. The smallest absolute Gasteiger partial charge is 0.161 e. The second-order valence-corrected chi connectivity index (χ2v) is 4.88. The predicted octanol–water partition coefficient (Wildman–Crippen LogP) is 4.09. The first-order valence-electron chi connectivity index (χ1n) is 6.16. The Morgan fingerprint density at radius 2 is 1.85 bits per heavy atom. The van der Waals surface area contributed by atoms with Gasteiger partial charge in [-0.2, -0.15) is 0 Å². The van der Waals surface area contributed by atoms with E-state index in [2.05, 4.69) is 21.2 Å². The van der Waals surface area contributed by atoms with Gasteiger partial charge in [0.25, 0.3) is 0 Å². The Morgan fingerprint density at radius 3 is 2.55 bits per heavy atom. The van der Waals surface area contributed by atoms with Gasteiger partial charge in [0, 0.05) is 11.0 Å². The number of para-hydroxylation sites is 3. The van der Waals surface area contributed by atoms with Crippen LogP contribution in [0.2, 0.25) is 0 Å². The number of halogens is 2. The molecule has 5 heteroatoms. The summed E-state index contributed by atoms with van der Waals surface area (Å²) in [6.07, 6.45) is 0. The van der Waals surface area contributed by atoms with Gasteiger partial charge in [-0.25, -0.2) is 4.39 Å². The van der Waals surface area contributed by atoms with Crippen molar-refractivity contribution in [2.75, 3.05) is 25.6 Å². The van der Waals surface area contributed by atoms with E-state index in [-0.39, 0.29) is 5.82 Å². The van der Waals surface area contributed by atoms with E-state index in [1.54, 1.807) is 19.2 Å². The molecule has 0 radical (unpaired) electrons. The maximum absolute atomic E-state index is 13.6. The fourth-order valence-electron chi connectivity index (χ4n) is 1.74. The Kier molecular flexibility index (Phi) is 5.24. The Hall–Kier alpha value is -1.75. The van der Waals surface area contributed by atoms with Crippen molar-refractivity contribution in [3.8, 4) is 11.5 Å². The predicted molar refractivity (Wildman–Crippen MR) is 81.1 cm³/mol. The van der Waals surface area contributed by atoms with Crippen molar-refractivity contribution in [3.63, 3.8) is 0 Å². The van der Waals surface area contributed by atoms with Crippen molar-refractivity contribution in [2.24, 2.45) is 0 Å². The van der Waals surface area contributed by atoms with Crippen LogP contribution in [0.3, 0.4) is 0 Å². The number of methoxy groups -OCH3 is 1. The maximum Gasteiger partial charge on any atom is 0.161 e. The first-order chi connectivity index (χ1) is 9.72. The van der Waals surface area contributed by atoms with Crippen molar-refractivity contribution in [1.29, 1.82) is 0 Å². The lowest BCUT2D eigenvalue weighted by Gasteiger charge is -2.12. The summed E-state index contributed by atoms with van der Waals surface area (Å²) < 4.78 is 25.0. The first-order valence-corrected chi connectivity index (χ1v) is 6.95. The van der Waals surface area contributed by atoms with Crippen LogP contribution < -0.4 is 14.8 Å². The molecule has 0 aliphatic carbocycles. The average molecular weight is 340 g/mol. The van der Waals surface area contributed by atoms with E-state index in [4.69, 9.17) is 9.47 Å². The van der Waals surface area contributed by atoms with Gasteiger partial charge in [0.15, 0.2) is 11.5 Å². The van der Waals surface area contributed by atoms with Crippen LogP contribution in [0, 0.1) is 5.82 Å². The minimum Gasteiger partial charge on any atom is -0.493 e. The highest BCUT2D eigenvalue weighted by Crippen LogP contribution is 2.26. The monoisotopic (exact) mass is 339 g/mol. The molecule has 0 atom stereocenters. The molecule has 0 saturated heterocycles. The minimum atomic E-state index is -0.295. The number of hydrogen-bond acceptors (Lipinski definition) is 3. The van der Waals surface area contributed by atoms with Crippen LogP contribution in [-0.4, -0.2) is 20.3 Å². The van der Waals surface area contributed by atoms with Crippen molar-refractivity contribution < 1.29 is 13.9 Å². The first kappa shape index (κ1) is 14.7. The third-order valence-corrected chi connectivity index (χ3v) is 3.35. The number of hydrogen-bond donors (Lipinski definition) is 1. The Morgan fingerprint density at radius 1 is 1.10 bits per heavy atom. The fraction of sp³-hybridized carbons (Fsp3) is 0.200. The number of ether oxygens (including phenoxy) is 2. The summed E-state index contributed by atoms with van der Waals surface area (Å²) in [6.45, 7) is 0.888. The van der Waals surface area contributed by atoms with Crippen molar-refractivity contribution >= 4 is 21.6 Å². The van der Waals surface area contributed by atoms with E-state index in [1.807, 2.05) is 24.3 Å². The van der Waals surface area contributed by atoms with Gasteiger partial charge >= 0.3 is 0 Å². The van der Waals surface area contributed by atoms with E-state index in [1.165, 1.54) is 6.07 Å². The average Bonchev–Trinajstić information content (AvgIpc) is 2.46. The molecule has 106 valence electrons. The van der Waals surface area contributed by atoms with Crippen LogP contribution in [0.1, 0.15) is 0 Å². The van der Waals surface area contributed by atoms with E-state index in [0.717, 1.165) is 0 Å². The molecule has 0 heterocycles. The molecule has 20 heavy (non-hydrogen) atoms. The van der Waals surface area contributed by atoms with Crippen molar-refractivity contribution in [1.82, 2.24) is 0 Å². The van der Waals surface area contributed by atoms with Crippen LogP contribution in [-0.2, 0) is 0 Å². The molecule has 0 unspecified atom stereocenters. The number of benzene rings is 2. The van der Waals surface area contributed by atoms with Gasteiger partial charge in [0.1, 0.15) is 12.4 Å². The molecule has 2 rings (SSSR count). The van der Waals surface area contributed by atoms with E-state index in [0.29, 0.717) is 34.8 Å². The molecule has 0 amide bonds. The summed E-state index contributed by atoms with van der Waals surface area (Å²) in [6, 6.07) is 12.3. The summed E-state index contributed by atoms with van der Waals surface area (Å²) in [5.74, 6) is 1.06. The van der Waals surface area contributed by atoms with Crippen molar-refractivity contribution in [3.05, 3.63) is 52.8 Å². The van der Waals surface area contributed by atoms with Crippen LogP contribution in [0.4, 0.5) is 10.1 Å². The molecule has 2 aromatic carbocycles. The van der Waals surface area contributed by atoms with Gasteiger partial charge in [-0.1, -0.05) is 18.2 Å². The van der Waals surface area contributed by atoms with E-state index in [9.17, 15) is 4.39 Å². The summed E-state index contributed by atoms with van der Waals surface area (Å²) in [5, 5.41) is 3.00. The molecule has 0 saturated carbocycles. The molecule has 3 nitrogen and oxygen atoms in total. The molecule has 0 fully saturated rings. The molecule has 2 aromatic rings. The molecule has 1 N–H and O–H groups in total. The molecular weight excluding hydrogens is 325 g/mol. The lowest BCUT2D eigenvalue weighted by Crippen LogP contribution is -2.13. The van der Waals surface area contributed by atoms with Crippen LogP contribution in [0.5, 0.6) is 11.5 Å². The topological polar surface area (TPSA) is 30.5 Å². The summed E-state index contributed by atoms with van der Waals surface area (Å²) in [4.78, 5) is 0. The second kappa shape index (κ2) is 7.14. The number of anilines is 1. The highest BCUT2D eigenvalue weighted by Gasteiger charge is 2.06. The molecule has 0 aromatic heterocycles. The number of nitrogens with one attached hydrogen (secondary N) is 1. The molecule has 0 aliphatic heterocycles. The minimum absolute atomic E-state index is 0.295. The third-order valence-electron chi connectivity index (χ3n) is 2.69. The van der Waals surface area contributed by atoms with Gasteiger partial charge in [-0.3, -0.25) is 0 Å². The number of rotatable bonds is 6. The summed E-state index contributed by atoms with van der Waals surface area (Å²) >= 11 is 3.30. The molecule has 0 bridgehead atoms. The standard InChI is InChI=1S/C15H15BrFNO2/c1-19-13-7-2-3-8-14(13)20-10-9-18-15-11(16)5-4-6-12(15)17/h2-8,18H,9-10H2,1H3. The highest BCUT2D eigenvalue weighted by molar-refractivity contribution is 9.10. The lowest BCUT2D eigenvalue weighted by molar-refractivity contribution is 0.305. The molecule has 0 spiro atoms. The quantitative estimate of drug-likeness (QED) is 0.804. The van der Waals surface area contributed by atoms with E-state index < -0.39 is 0 Å². The Balaban J connectivity index is 1.88. The van der Waals surface area contributed by atoms with Gasteiger partial charge < -0.3 is 14.8 Å². The summed E-state index contributed by atoms with van der Waals surface area (Å²) in [7, 11) is 1.59. The third kappa shape index (κ3) is 3.63. The van der Waals surface area contributed by atoms with E-state index >= 15 is 0 Å². The molecule has 0 aliphatic rings. The van der Waals surface area contributed by atoms with Crippen LogP contribution in [0.15, 0.2) is 46.9 Å². The lowest BCUT2D eigenvalue weighted by atomic mass is 10.3. The van der Waals surface area contributed by atoms with Gasteiger partial charge in [-0.15, -0.1) is 0 Å². The largest absolute Gasteiger partial charge is 0.493 e. The second-order valence-electron chi connectivity index (χ2n) is 4.02. The van der Waals surface area contributed by atoms with Crippen molar-refractivity contribution in [2.45, 2.75) is 0 Å². The Labute approximate surface area is 125 Å². The Bertz CT molecular complexity index is 557. The van der Waals surface area contributed by atoms with Crippen LogP contribution in [0.25, 0.3) is 0 Å². The zero-order valence-corrected chi connectivity index (χ0v) is 12.6. The van der Waals surface area contributed by atoms with Crippen LogP contribution >= 0.6 is 15.9 Å². The normalized spacial score (nSPS) is 10.2. The molecular formula is C15H15BrFNO2. The van der Waals surface area contributed by atoms with Gasteiger partial charge in [0.2, 0.25) is 0 Å². The van der Waals surface area contributed by atoms with Gasteiger partial charge in [-0.05, 0) is 40.2 Å². The summed E-state index contributed by atoms with van der Waals surface area (Å²) in [5.41, 5.74) is 0.441. The fourth-order valence-corrected chi connectivity index (χ4v) is 2.22.